The number of methoxy groups -OCH3 is 1. The maximum atomic E-state index is 12.4. The second-order valence-corrected chi connectivity index (χ2v) is 8.16. The molecule has 0 fully saturated rings. The van der Waals surface area contributed by atoms with Crippen LogP contribution in [0.3, 0.4) is 0 Å². The van der Waals surface area contributed by atoms with Crippen LogP contribution < -0.4 is 19.5 Å². The lowest BCUT2D eigenvalue weighted by Gasteiger charge is -2.12. The number of nitriles is 1. The highest BCUT2D eigenvalue weighted by Gasteiger charge is 2.13. The molecule has 0 saturated carbocycles. The quantitative estimate of drug-likeness (QED) is 0.194. The Bertz CT molecular complexity index is 1190. The number of thioether (sulfide) groups is 1. The van der Waals surface area contributed by atoms with E-state index in [0.29, 0.717) is 40.6 Å². The minimum atomic E-state index is -0.561. The first-order chi connectivity index (χ1) is 16.0. The molecule has 0 unspecified atom stereocenters. The molecule has 0 aliphatic heterocycles. The summed E-state index contributed by atoms with van der Waals surface area (Å²) in [7, 11) is 1.52. The van der Waals surface area contributed by atoms with Crippen molar-refractivity contribution in [3.63, 3.8) is 0 Å². The van der Waals surface area contributed by atoms with Crippen LogP contribution in [-0.2, 0) is 4.79 Å². The first-order valence-corrected chi connectivity index (χ1v) is 11.8. The Kier molecular flexibility index (Phi) is 8.69. The number of amides is 1. The number of ether oxygens (including phenoxy) is 3. The SMILES string of the molecule is COc1cc(C=C(C#N)C(=O)Nc2nc(SC)ns2)ccc1OCCOc1cccc(C)c1. The highest BCUT2D eigenvalue weighted by atomic mass is 32.2. The van der Waals surface area contributed by atoms with Crippen molar-refractivity contribution in [2.24, 2.45) is 0 Å². The van der Waals surface area contributed by atoms with Crippen LogP contribution >= 0.6 is 23.3 Å². The maximum Gasteiger partial charge on any atom is 0.268 e. The Morgan fingerprint density at radius 1 is 1.21 bits per heavy atom. The number of hydrogen-bond donors (Lipinski definition) is 1. The number of rotatable bonds is 10. The molecule has 1 aromatic heterocycles. The van der Waals surface area contributed by atoms with E-state index in [1.54, 1.807) is 18.2 Å². The summed E-state index contributed by atoms with van der Waals surface area (Å²) in [5, 5.41) is 12.9. The molecule has 0 aliphatic rings. The molecular formula is C23H22N4O4S2. The predicted octanol–water partition coefficient (Wildman–Crippen LogP) is 4.58. The van der Waals surface area contributed by atoms with E-state index in [0.717, 1.165) is 22.8 Å². The first-order valence-electron chi connectivity index (χ1n) is 9.83. The summed E-state index contributed by atoms with van der Waals surface area (Å²) >= 11 is 2.42. The molecule has 1 N–H and O–H groups in total. The number of aromatic nitrogens is 2. The fraction of sp³-hybridized carbons (Fsp3) is 0.217. The summed E-state index contributed by atoms with van der Waals surface area (Å²) < 4.78 is 20.9. The zero-order chi connectivity index (χ0) is 23.6. The van der Waals surface area contributed by atoms with Crippen molar-refractivity contribution in [2.45, 2.75) is 12.1 Å². The van der Waals surface area contributed by atoms with Gasteiger partial charge in [0.05, 0.1) is 7.11 Å². The predicted molar refractivity (Wildman–Crippen MR) is 129 cm³/mol. The number of benzene rings is 2. The fourth-order valence-electron chi connectivity index (χ4n) is 2.73. The van der Waals surface area contributed by atoms with Crippen molar-refractivity contribution in [2.75, 3.05) is 31.9 Å². The van der Waals surface area contributed by atoms with E-state index in [9.17, 15) is 10.1 Å². The fourth-order valence-corrected chi connectivity index (χ4v) is 3.85. The van der Waals surface area contributed by atoms with E-state index in [1.807, 2.05) is 43.5 Å². The van der Waals surface area contributed by atoms with Gasteiger partial charge in [0.1, 0.15) is 30.6 Å². The van der Waals surface area contributed by atoms with Gasteiger partial charge >= 0.3 is 0 Å². The Morgan fingerprint density at radius 2 is 2.03 bits per heavy atom. The second kappa shape index (κ2) is 11.9. The molecule has 10 heteroatoms. The molecular weight excluding hydrogens is 460 g/mol. The third kappa shape index (κ3) is 6.97. The summed E-state index contributed by atoms with van der Waals surface area (Å²) in [5.74, 6) is 1.23. The molecule has 1 amide bonds. The summed E-state index contributed by atoms with van der Waals surface area (Å²) in [4.78, 5) is 16.6. The molecule has 3 aromatic rings. The second-order valence-electron chi connectivity index (χ2n) is 6.63. The van der Waals surface area contributed by atoms with Crippen molar-refractivity contribution in [3.05, 3.63) is 59.2 Å². The normalized spacial score (nSPS) is 10.9. The topological polar surface area (TPSA) is 106 Å². The van der Waals surface area contributed by atoms with E-state index in [-0.39, 0.29) is 5.57 Å². The van der Waals surface area contributed by atoms with E-state index >= 15 is 0 Å². The molecule has 8 nitrogen and oxygen atoms in total. The van der Waals surface area contributed by atoms with E-state index in [4.69, 9.17) is 14.2 Å². The van der Waals surface area contributed by atoms with Gasteiger partial charge in [-0.25, -0.2) is 0 Å². The van der Waals surface area contributed by atoms with Gasteiger partial charge in [-0.3, -0.25) is 10.1 Å². The molecule has 0 bridgehead atoms. The van der Waals surface area contributed by atoms with Gasteiger partial charge in [-0.1, -0.05) is 30.0 Å². The summed E-state index contributed by atoms with van der Waals surface area (Å²) in [6.45, 7) is 2.70. The highest BCUT2D eigenvalue weighted by Crippen LogP contribution is 2.29. The Balaban J connectivity index is 1.62. The highest BCUT2D eigenvalue weighted by molar-refractivity contribution is 7.98. The van der Waals surface area contributed by atoms with Crippen LogP contribution in [0, 0.1) is 18.3 Å². The number of nitrogens with one attached hydrogen (secondary N) is 1. The van der Waals surface area contributed by atoms with E-state index in [2.05, 4.69) is 14.7 Å². The lowest BCUT2D eigenvalue weighted by molar-refractivity contribution is -0.112. The van der Waals surface area contributed by atoms with Gasteiger partial charge in [-0.15, -0.1) is 0 Å². The van der Waals surface area contributed by atoms with E-state index in [1.165, 1.54) is 24.9 Å². The van der Waals surface area contributed by atoms with Crippen molar-refractivity contribution in [1.82, 2.24) is 9.36 Å². The molecule has 33 heavy (non-hydrogen) atoms. The zero-order valence-corrected chi connectivity index (χ0v) is 20.0. The molecule has 1 heterocycles. The van der Waals surface area contributed by atoms with E-state index < -0.39 is 5.91 Å². The van der Waals surface area contributed by atoms with Crippen LogP contribution in [0.15, 0.2) is 53.2 Å². The van der Waals surface area contributed by atoms with Gasteiger partial charge < -0.3 is 14.2 Å². The summed E-state index contributed by atoms with van der Waals surface area (Å²) in [6.07, 6.45) is 3.31. The first kappa shape index (κ1) is 24.1. The van der Waals surface area contributed by atoms with Crippen LogP contribution in [0.5, 0.6) is 17.2 Å². The van der Waals surface area contributed by atoms with Gasteiger partial charge in [-0.2, -0.15) is 14.6 Å². The lowest BCUT2D eigenvalue weighted by atomic mass is 10.1. The van der Waals surface area contributed by atoms with Crippen molar-refractivity contribution >= 4 is 40.4 Å². The van der Waals surface area contributed by atoms with Gasteiger partial charge in [0.25, 0.3) is 5.91 Å². The number of aryl methyl sites for hydroxylation is 1. The third-order valence-electron chi connectivity index (χ3n) is 4.27. The number of carbonyl (C=O) groups is 1. The largest absolute Gasteiger partial charge is 0.493 e. The molecule has 3 rings (SSSR count). The van der Waals surface area contributed by atoms with Crippen LogP contribution in [0.2, 0.25) is 0 Å². The molecule has 170 valence electrons. The standard InChI is InChI=1S/C23H22N4O4S2/c1-15-5-4-6-18(11-15)30-9-10-31-19-8-7-16(13-20(19)29-2)12-17(14-24)21(28)25-22-26-23(32-3)27-33-22/h4-8,11-13H,9-10H2,1-3H3,(H,25,26,27,28). The number of hydrogen-bond acceptors (Lipinski definition) is 9. The Labute approximate surface area is 200 Å². The average molecular weight is 483 g/mol. The van der Waals surface area contributed by atoms with Crippen LogP contribution in [0.25, 0.3) is 6.08 Å². The number of nitrogens with zero attached hydrogens (tertiary/aromatic N) is 3. The average Bonchev–Trinajstić information content (AvgIpc) is 3.28. The zero-order valence-electron chi connectivity index (χ0n) is 18.3. The minimum absolute atomic E-state index is 0.0711. The monoisotopic (exact) mass is 482 g/mol. The van der Waals surface area contributed by atoms with Crippen LogP contribution in [-0.4, -0.2) is 41.8 Å². The third-order valence-corrected chi connectivity index (χ3v) is 5.57. The van der Waals surface area contributed by atoms with Gasteiger partial charge in [-0.05, 0) is 54.6 Å². The number of carbonyl (C=O) groups excluding carboxylic acids is 1. The van der Waals surface area contributed by atoms with Gasteiger partial charge in [0.15, 0.2) is 11.5 Å². The maximum absolute atomic E-state index is 12.4. The minimum Gasteiger partial charge on any atom is -0.493 e. The number of anilines is 1. The molecule has 0 saturated heterocycles. The van der Waals surface area contributed by atoms with Crippen molar-refractivity contribution < 1.29 is 19.0 Å². The van der Waals surface area contributed by atoms with Gasteiger partial charge in [0.2, 0.25) is 10.3 Å². The van der Waals surface area contributed by atoms with Crippen LogP contribution in [0.4, 0.5) is 5.13 Å². The molecule has 0 aliphatic carbocycles. The lowest BCUT2D eigenvalue weighted by Crippen LogP contribution is -2.13. The molecule has 0 spiro atoms. The molecule has 0 atom stereocenters. The van der Waals surface area contributed by atoms with Crippen LogP contribution in [0.1, 0.15) is 11.1 Å². The smallest absolute Gasteiger partial charge is 0.268 e. The molecule has 0 radical (unpaired) electrons. The van der Waals surface area contributed by atoms with Gasteiger partial charge in [0, 0.05) is 11.5 Å². The van der Waals surface area contributed by atoms with Crippen molar-refractivity contribution in [3.8, 4) is 23.3 Å². The Morgan fingerprint density at radius 3 is 2.73 bits per heavy atom. The summed E-state index contributed by atoms with van der Waals surface area (Å²) in [6, 6.07) is 14.9. The Hall–Kier alpha value is -3.55. The van der Waals surface area contributed by atoms with Crippen molar-refractivity contribution in [1.29, 1.82) is 5.26 Å². The molecule has 2 aromatic carbocycles. The summed E-state index contributed by atoms with van der Waals surface area (Å²) in [5.41, 5.74) is 1.67.